The van der Waals surface area contributed by atoms with Gasteiger partial charge in [0.05, 0.1) is 0 Å². The van der Waals surface area contributed by atoms with Crippen LogP contribution in [0, 0.1) is 6.92 Å². The van der Waals surface area contributed by atoms with Gasteiger partial charge in [-0.05, 0) is 24.1 Å². The third-order valence-electron chi connectivity index (χ3n) is 2.45. The first-order valence-corrected chi connectivity index (χ1v) is 5.60. The second-order valence-corrected chi connectivity index (χ2v) is 4.47. The minimum Gasteiger partial charge on any atom is -0.362 e. The predicted molar refractivity (Wildman–Crippen MR) is 60.6 cm³/mol. The number of nitrogens with one attached hydrogen (secondary N) is 1. The number of amides is 1. The maximum absolute atomic E-state index is 10.9. The molecule has 15 heavy (non-hydrogen) atoms. The summed E-state index contributed by atoms with van der Waals surface area (Å²) in [6.07, 6.45) is -0.0190. The summed E-state index contributed by atoms with van der Waals surface area (Å²) in [4.78, 5) is 10.9. The number of hydrogen-bond donors (Lipinski definition) is 1. The number of rotatable bonds is 1. The number of carbonyl (C=O) groups excluding carboxylic acids is 1. The van der Waals surface area contributed by atoms with Gasteiger partial charge in [-0.1, -0.05) is 28.1 Å². The third kappa shape index (κ3) is 2.38. The molecule has 1 aromatic carbocycles. The minimum atomic E-state index is -0.0416. The minimum absolute atomic E-state index is 0.0190. The first kappa shape index (κ1) is 10.6. The molecule has 2 rings (SSSR count). The van der Waals surface area contributed by atoms with Crippen LogP contribution in [-0.2, 0) is 9.53 Å². The van der Waals surface area contributed by atoms with E-state index in [1.807, 2.05) is 19.1 Å². The zero-order valence-corrected chi connectivity index (χ0v) is 10.0. The van der Waals surface area contributed by atoms with Gasteiger partial charge in [0.25, 0.3) is 0 Å². The van der Waals surface area contributed by atoms with E-state index in [0.29, 0.717) is 6.54 Å². The van der Waals surface area contributed by atoms with E-state index in [1.54, 1.807) is 0 Å². The largest absolute Gasteiger partial charge is 0.362 e. The van der Waals surface area contributed by atoms with E-state index in [2.05, 4.69) is 27.3 Å². The van der Waals surface area contributed by atoms with Crippen LogP contribution in [0.25, 0.3) is 0 Å². The van der Waals surface area contributed by atoms with Crippen molar-refractivity contribution < 1.29 is 9.53 Å². The maximum Gasteiger partial charge on any atom is 0.246 e. The molecule has 0 radical (unpaired) electrons. The summed E-state index contributed by atoms with van der Waals surface area (Å²) in [6, 6.07) is 6.09. The fraction of sp³-hybridized carbons (Fsp3) is 0.364. The molecule has 0 aromatic heterocycles. The number of carbonyl (C=O) groups is 1. The zero-order valence-electron chi connectivity index (χ0n) is 8.42. The lowest BCUT2D eigenvalue weighted by molar-refractivity contribution is -0.133. The first-order chi connectivity index (χ1) is 7.16. The highest BCUT2D eigenvalue weighted by Gasteiger charge is 2.20. The van der Waals surface area contributed by atoms with E-state index in [0.717, 1.165) is 10.0 Å². The Morgan fingerprint density at radius 1 is 1.53 bits per heavy atom. The summed E-state index contributed by atoms with van der Waals surface area (Å²) in [5.41, 5.74) is 2.28. The van der Waals surface area contributed by atoms with Crippen molar-refractivity contribution >= 4 is 21.8 Å². The van der Waals surface area contributed by atoms with Crippen molar-refractivity contribution in [3.8, 4) is 0 Å². The van der Waals surface area contributed by atoms with E-state index >= 15 is 0 Å². The molecule has 80 valence electrons. The Balaban J connectivity index is 2.16. The topological polar surface area (TPSA) is 38.3 Å². The average molecular weight is 270 g/mol. The van der Waals surface area contributed by atoms with Crippen molar-refractivity contribution in [2.45, 2.75) is 13.0 Å². The van der Waals surface area contributed by atoms with Crippen LogP contribution < -0.4 is 5.32 Å². The summed E-state index contributed by atoms with van der Waals surface area (Å²) in [5, 5.41) is 2.79. The van der Waals surface area contributed by atoms with E-state index in [1.165, 1.54) is 5.56 Å². The fourth-order valence-electron chi connectivity index (χ4n) is 1.58. The molecule has 1 atom stereocenters. The van der Waals surface area contributed by atoms with Gasteiger partial charge >= 0.3 is 0 Å². The first-order valence-electron chi connectivity index (χ1n) is 4.81. The van der Waals surface area contributed by atoms with Crippen LogP contribution in [0.1, 0.15) is 17.2 Å². The Hall–Kier alpha value is -0.870. The zero-order chi connectivity index (χ0) is 10.8. The van der Waals surface area contributed by atoms with Crippen LogP contribution in [0.3, 0.4) is 0 Å². The normalized spacial score (nSPS) is 21.2. The summed E-state index contributed by atoms with van der Waals surface area (Å²) >= 11 is 3.45. The molecule has 0 aliphatic carbocycles. The van der Waals surface area contributed by atoms with Crippen molar-refractivity contribution in [1.29, 1.82) is 0 Å². The highest BCUT2D eigenvalue weighted by molar-refractivity contribution is 9.10. The molecule has 0 saturated carbocycles. The van der Waals surface area contributed by atoms with Gasteiger partial charge < -0.3 is 10.1 Å². The molecule has 4 heteroatoms. The Morgan fingerprint density at radius 3 is 2.93 bits per heavy atom. The van der Waals surface area contributed by atoms with Gasteiger partial charge in [0.15, 0.2) is 0 Å². The summed E-state index contributed by atoms with van der Waals surface area (Å²) in [5.74, 6) is -0.0416. The smallest absolute Gasteiger partial charge is 0.246 e. The van der Waals surface area contributed by atoms with E-state index in [-0.39, 0.29) is 18.6 Å². The number of ether oxygens (including phenoxy) is 1. The summed E-state index contributed by atoms with van der Waals surface area (Å²) < 4.78 is 6.53. The van der Waals surface area contributed by atoms with Crippen molar-refractivity contribution in [3.63, 3.8) is 0 Å². The lowest BCUT2D eigenvalue weighted by atomic mass is 10.1. The lowest BCUT2D eigenvalue weighted by Gasteiger charge is -2.23. The van der Waals surface area contributed by atoms with Crippen molar-refractivity contribution in [1.82, 2.24) is 5.32 Å². The highest BCUT2D eigenvalue weighted by atomic mass is 79.9. The molecule has 0 unspecified atom stereocenters. The van der Waals surface area contributed by atoms with Crippen molar-refractivity contribution in [2.24, 2.45) is 0 Å². The Kier molecular flexibility index (Phi) is 3.07. The Bertz CT molecular complexity index is 382. The molecule has 1 aliphatic heterocycles. The van der Waals surface area contributed by atoms with Crippen LogP contribution in [0.4, 0.5) is 0 Å². The van der Waals surface area contributed by atoms with E-state index in [4.69, 9.17) is 4.74 Å². The fourth-order valence-corrected chi connectivity index (χ4v) is 1.82. The molecule has 0 bridgehead atoms. The Labute approximate surface area is 96.9 Å². The van der Waals surface area contributed by atoms with Gasteiger partial charge in [-0.25, -0.2) is 0 Å². The van der Waals surface area contributed by atoms with Crippen LogP contribution in [0.2, 0.25) is 0 Å². The van der Waals surface area contributed by atoms with Crippen molar-refractivity contribution in [2.75, 3.05) is 13.2 Å². The third-order valence-corrected chi connectivity index (χ3v) is 3.34. The van der Waals surface area contributed by atoms with Crippen LogP contribution >= 0.6 is 15.9 Å². The lowest BCUT2D eigenvalue weighted by Crippen LogP contribution is -2.38. The van der Waals surface area contributed by atoms with Crippen LogP contribution in [0.15, 0.2) is 22.7 Å². The van der Waals surface area contributed by atoms with Gasteiger partial charge in [0, 0.05) is 11.0 Å². The van der Waals surface area contributed by atoms with E-state index in [9.17, 15) is 4.79 Å². The maximum atomic E-state index is 10.9. The van der Waals surface area contributed by atoms with Gasteiger partial charge in [0.2, 0.25) is 5.91 Å². The molecule has 0 spiro atoms. The van der Waals surface area contributed by atoms with Gasteiger partial charge in [-0.2, -0.15) is 0 Å². The number of aryl methyl sites for hydroxylation is 1. The highest BCUT2D eigenvalue weighted by Crippen LogP contribution is 2.24. The number of benzene rings is 1. The second-order valence-electron chi connectivity index (χ2n) is 3.61. The van der Waals surface area contributed by atoms with Crippen LogP contribution in [-0.4, -0.2) is 19.1 Å². The number of halogens is 1. The van der Waals surface area contributed by atoms with Crippen molar-refractivity contribution in [3.05, 3.63) is 33.8 Å². The molecule has 1 saturated heterocycles. The number of morpholine rings is 1. The van der Waals surface area contributed by atoms with Gasteiger partial charge in [-0.3, -0.25) is 4.79 Å². The molecule has 1 amide bonds. The van der Waals surface area contributed by atoms with Gasteiger partial charge in [0.1, 0.15) is 12.7 Å². The molecular weight excluding hydrogens is 258 g/mol. The standard InChI is InChI=1S/C11H12BrNO2/c1-7-4-8(2-3-9(7)12)10-5-13-11(14)6-15-10/h2-4,10H,5-6H2,1H3,(H,13,14)/t10-/m0/s1. The van der Waals surface area contributed by atoms with Crippen LogP contribution in [0.5, 0.6) is 0 Å². The monoisotopic (exact) mass is 269 g/mol. The Morgan fingerprint density at radius 2 is 2.33 bits per heavy atom. The molecule has 1 fully saturated rings. The molecule has 1 aliphatic rings. The SMILES string of the molecule is Cc1cc([C@@H]2CNC(=O)CO2)ccc1Br. The molecule has 3 nitrogen and oxygen atoms in total. The molecule has 1 aromatic rings. The molecule has 1 heterocycles. The van der Waals surface area contributed by atoms with E-state index < -0.39 is 0 Å². The molecular formula is C11H12BrNO2. The quantitative estimate of drug-likeness (QED) is 0.847. The summed E-state index contributed by atoms with van der Waals surface area (Å²) in [6.45, 7) is 2.74. The second kappa shape index (κ2) is 4.33. The number of hydrogen-bond acceptors (Lipinski definition) is 2. The van der Waals surface area contributed by atoms with Gasteiger partial charge in [-0.15, -0.1) is 0 Å². The summed E-state index contributed by atoms with van der Waals surface area (Å²) in [7, 11) is 0. The molecule has 1 N–H and O–H groups in total. The average Bonchev–Trinajstić information content (AvgIpc) is 2.23. The predicted octanol–water partition coefficient (Wildman–Crippen LogP) is 1.95.